The Morgan fingerprint density at radius 3 is 2.90 bits per heavy atom. The summed E-state index contributed by atoms with van der Waals surface area (Å²) < 4.78 is 0. The Hall–Kier alpha value is -2.14. The third-order valence-corrected chi connectivity index (χ3v) is 3.12. The van der Waals surface area contributed by atoms with E-state index in [4.69, 9.17) is 11.6 Å². The molecule has 20 heavy (non-hydrogen) atoms. The molecule has 0 bridgehead atoms. The average molecular weight is 289 g/mol. The van der Waals surface area contributed by atoms with Crippen LogP contribution < -0.4 is 10.6 Å². The molecule has 1 aliphatic carbocycles. The first-order valence-electron chi connectivity index (χ1n) is 6.37. The highest BCUT2D eigenvalue weighted by Gasteiger charge is 2.24. The molecular weight excluding hydrogens is 276 g/mol. The smallest absolute Gasteiger partial charge is 0.270 e. The van der Waals surface area contributed by atoms with Gasteiger partial charge in [0.15, 0.2) is 0 Å². The van der Waals surface area contributed by atoms with E-state index in [1.165, 1.54) is 0 Å². The van der Waals surface area contributed by atoms with Crippen LogP contribution in [0.4, 0.5) is 11.6 Å². The number of carbonyl (C=O) groups is 1. The van der Waals surface area contributed by atoms with Crippen molar-refractivity contribution in [2.45, 2.75) is 18.9 Å². The number of nitrogens with one attached hydrogen (secondary N) is 2. The quantitative estimate of drug-likeness (QED) is 0.908. The van der Waals surface area contributed by atoms with E-state index < -0.39 is 0 Å². The molecule has 5 nitrogen and oxygen atoms in total. The molecule has 1 fully saturated rings. The standard InChI is InChI=1S/C14H13ClN4O/c15-9-2-1-3-11(8-9)18-14-16-7-6-12(19-14)13(20)17-10-4-5-10/h1-3,6-8,10H,4-5H2,(H,17,20)(H,16,18,19). The zero-order valence-corrected chi connectivity index (χ0v) is 11.4. The zero-order chi connectivity index (χ0) is 13.9. The molecule has 0 aliphatic heterocycles. The number of halogens is 1. The second-order valence-corrected chi connectivity index (χ2v) is 5.09. The molecule has 2 aromatic rings. The summed E-state index contributed by atoms with van der Waals surface area (Å²) in [5.74, 6) is 0.208. The zero-order valence-electron chi connectivity index (χ0n) is 10.6. The molecule has 1 aromatic carbocycles. The van der Waals surface area contributed by atoms with Crippen molar-refractivity contribution in [3.8, 4) is 0 Å². The molecule has 0 saturated heterocycles. The van der Waals surface area contributed by atoms with Crippen LogP contribution in [0.25, 0.3) is 0 Å². The highest BCUT2D eigenvalue weighted by atomic mass is 35.5. The molecule has 1 amide bonds. The first kappa shape index (κ1) is 12.9. The molecule has 1 aromatic heterocycles. The van der Waals surface area contributed by atoms with Crippen molar-refractivity contribution in [1.29, 1.82) is 0 Å². The van der Waals surface area contributed by atoms with Crippen LogP contribution in [0, 0.1) is 0 Å². The number of hydrogen-bond donors (Lipinski definition) is 2. The van der Waals surface area contributed by atoms with Crippen LogP contribution >= 0.6 is 11.6 Å². The van der Waals surface area contributed by atoms with Crippen molar-refractivity contribution < 1.29 is 4.79 Å². The summed E-state index contributed by atoms with van der Waals surface area (Å²) >= 11 is 5.91. The number of benzene rings is 1. The minimum atomic E-state index is -0.163. The number of anilines is 2. The van der Waals surface area contributed by atoms with Gasteiger partial charge in [-0.25, -0.2) is 9.97 Å². The van der Waals surface area contributed by atoms with E-state index in [0.29, 0.717) is 22.7 Å². The second-order valence-electron chi connectivity index (χ2n) is 4.65. The lowest BCUT2D eigenvalue weighted by atomic mass is 10.3. The second kappa shape index (κ2) is 5.46. The topological polar surface area (TPSA) is 66.9 Å². The van der Waals surface area contributed by atoms with Gasteiger partial charge in [-0.3, -0.25) is 4.79 Å². The molecule has 1 aliphatic rings. The Morgan fingerprint density at radius 1 is 1.30 bits per heavy atom. The Kier molecular flexibility index (Phi) is 3.52. The highest BCUT2D eigenvalue weighted by Crippen LogP contribution is 2.20. The molecule has 0 radical (unpaired) electrons. The van der Waals surface area contributed by atoms with Crippen molar-refractivity contribution >= 4 is 29.1 Å². The summed E-state index contributed by atoms with van der Waals surface area (Å²) in [6.07, 6.45) is 3.65. The predicted molar refractivity (Wildman–Crippen MR) is 77.3 cm³/mol. The lowest BCUT2D eigenvalue weighted by Gasteiger charge is -2.07. The fourth-order valence-electron chi connectivity index (χ4n) is 1.73. The molecule has 0 atom stereocenters. The van der Waals surface area contributed by atoms with Crippen LogP contribution in [0.3, 0.4) is 0 Å². The predicted octanol–water partition coefficient (Wildman–Crippen LogP) is 2.77. The number of rotatable bonds is 4. The van der Waals surface area contributed by atoms with Crippen LogP contribution in [-0.4, -0.2) is 21.9 Å². The van der Waals surface area contributed by atoms with Gasteiger partial charge >= 0.3 is 0 Å². The van der Waals surface area contributed by atoms with E-state index in [1.54, 1.807) is 24.4 Å². The Morgan fingerprint density at radius 2 is 2.15 bits per heavy atom. The minimum absolute atomic E-state index is 0.163. The Bertz CT molecular complexity index is 643. The van der Waals surface area contributed by atoms with Crippen molar-refractivity contribution in [1.82, 2.24) is 15.3 Å². The Balaban J connectivity index is 1.75. The largest absolute Gasteiger partial charge is 0.348 e. The normalized spacial score (nSPS) is 13.8. The van der Waals surface area contributed by atoms with E-state index in [-0.39, 0.29) is 5.91 Å². The van der Waals surface area contributed by atoms with Crippen molar-refractivity contribution in [3.63, 3.8) is 0 Å². The van der Waals surface area contributed by atoms with Gasteiger partial charge in [0.2, 0.25) is 5.95 Å². The van der Waals surface area contributed by atoms with Crippen molar-refractivity contribution in [2.24, 2.45) is 0 Å². The van der Waals surface area contributed by atoms with Crippen LogP contribution in [0.5, 0.6) is 0 Å². The Labute approximate surface area is 121 Å². The van der Waals surface area contributed by atoms with Crippen molar-refractivity contribution in [3.05, 3.63) is 47.2 Å². The van der Waals surface area contributed by atoms with E-state index in [1.807, 2.05) is 12.1 Å². The van der Waals surface area contributed by atoms with Gasteiger partial charge in [-0.05, 0) is 37.1 Å². The molecule has 102 valence electrons. The number of nitrogens with zero attached hydrogens (tertiary/aromatic N) is 2. The fourth-order valence-corrected chi connectivity index (χ4v) is 1.92. The number of amides is 1. The van der Waals surface area contributed by atoms with Gasteiger partial charge < -0.3 is 10.6 Å². The lowest BCUT2D eigenvalue weighted by molar-refractivity contribution is 0.0946. The number of carbonyl (C=O) groups excluding carboxylic acids is 1. The van der Waals surface area contributed by atoms with Gasteiger partial charge in [0, 0.05) is 22.9 Å². The maximum absolute atomic E-state index is 11.9. The summed E-state index contributed by atoms with van der Waals surface area (Å²) in [4.78, 5) is 20.2. The molecule has 3 rings (SSSR count). The van der Waals surface area contributed by atoms with E-state index in [0.717, 1.165) is 18.5 Å². The van der Waals surface area contributed by atoms with Gasteiger partial charge in [0.1, 0.15) is 5.69 Å². The van der Waals surface area contributed by atoms with Crippen molar-refractivity contribution in [2.75, 3.05) is 5.32 Å². The maximum Gasteiger partial charge on any atom is 0.270 e. The molecule has 0 spiro atoms. The van der Waals surface area contributed by atoms with Gasteiger partial charge in [-0.1, -0.05) is 17.7 Å². The summed E-state index contributed by atoms with van der Waals surface area (Å²) in [5, 5.41) is 6.54. The molecule has 1 heterocycles. The maximum atomic E-state index is 11.9. The summed E-state index contributed by atoms with van der Waals surface area (Å²) in [5.41, 5.74) is 1.13. The first-order chi connectivity index (χ1) is 9.70. The van der Waals surface area contributed by atoms with E-state index >= 15 is 0 Å². The van der Waals surface area contributed by atoms with Gasteiger partial charge in [-0.15, -0.1) is 0 Å². The molecule has 1 saturated carbocycles. The molecule has 2 N–H and O–H groups in total. The van der Waals surface area contributed by atoms with Crippen LogP contribution in [0.2, 0.25) is 5.02 Å². The van der Waals surface area contributed by atoms with E-state index in [2.05, 4.69) is 20.6 Å². The lowest BCUT2D eigenvalue weighted by Crippen LogP contribution is -2.26. The van der Waals surface area contributed by atoms with Gasteiger partial charge in [-0.2, -0.15) is 0 Å². The highest BCUT2D eigenvalue weighted by molar-refractivity contribution is 6.30. The monoisotopic (exact) mass is 288 g/mol. The fraction of sp³-hybridized carbons (Fsp3) is 0.214. The molecule has 0 unspecified atom stereocenters. The van der Waals surface area contributed by atoms with Gasteiger partial charge in [0.25, 0.3) is 5.91 Å². The number of hydrogen-bond acceptors (Lipinski definition) is 4. The summed E-state index contributed by atoms with van der Waals surface area (Å²) in [6.45, 7) is 0. The van der Waals surface area contributed by atoms with Gasteiger partial charge in [0.05, 0.1) is 0 Å². The minimum Gasteiger partial charge on any atom is -0.348 e. The SMILES string of the molecule is O=C(NC1CC1)c1ccnc(Nc2cccc(Cl)c2)n1. The van der Waals surface area contributed by atoms with E-state index in [9.17, 15) is 4.79 Å². The first-order valence-corrected chi connectivity index (χ1v) is 6.75. The average Bonchev–Trinajstić information content (AvgIpc) is 3.23. The van der Waals surface area contributed by atoms with Crippen LogP contribution in [-0.2, 0) is 0 Å². The van der Waals surface area contributed by atoms with Crippen LogP contribution in [0.1, 0.15) is 23.3 Å². The van der Waals surface area contributed by atoms with Crippen LogP contribution in [0.15, 0.2) is 36.5 Å². The summed E-state index contributed by atoms with van der Waals surface area (Å²) in [7, 11) is 0. The molecule has 6 heteroatoms. The third kappa shape index (κ3) is 3.24. The number of aromatic nitrogens is 2. The molecular formula is C14H13ClN4O. The summed E-state index contributed by atoms with van der Waals surface area (Å²) in [6, 6.07) is 9.14. The third-order valence-electron chi connectivity index (χ3n) is 2.88.